The van der Waals surface area contributed by atoms with E-state index < -0.39 is 0 Å². The maximum absolute atomic E-state index is 2.30. The van der Waals surface area contributed by atoms with Crippen LogP contribution in [0.5, 0.6) is 0 Å². The first-order chi connectivity index (χ1) is 4.20. The molecule has 0 radical (unpaired) electrons. The van der Waals surface area contributed by atoms with Crippen molar-refractivity contribution in [3.8, 4) is 0 Å². The van der Waals surface area contributed by atoms with Crippen LogP contribution in [0.25, 0.3) is 0 Å². The van der Waals surface area contributed by atoms with Gasteiger partial charge >= 0.3 is 0 Å². The summed E-state index contributed by atoms with van der Waals surface area (Å²) in [5, 5.41) is 0. The summed E-state index contributed by atoms with van der Waals surface area (Å²) in [6, 6.07) is 0. The molecular weight excluding hydrogens is 106 g/mol. The van der Waals surface area contributed by atoms with Crippen LogP contribution < -0.4 is 0 Å². The molecule has 0 saturated carbocycles. The highest BCUT2D eigenvalue weighted by Gasteiger charge is 2.05. The number of hydrogen-bond donors (Lipinski definition) is 0. The minimum absolute atomic E-state index is 0.884. The maximum Gasteiger partial charge on any atom is 0.120 e. The Labute approximate surface area is 61.1 Å². The number of hydrogen-bond acceptors (Lipinski definition) is 0. The van der Waals surface area contributed by atoms with E-state index in [9.17, 15) is 0 Å². The molecule has 0 aliphatic heterocycles. The highest BCUT2D eigenvalue weighted by molar-refractivity contribution is 6.35. The van der Waals surface area contributed by atoms with Crippen molar-refractivity contribution in [2.24, 2.45) is 0 Å². The van der Waals surface area contributed by atoms with E-state index in [0.29, 0.717) is 0 Å². The van der Waals surface area contributed by atoms with Crippen LogP contribution in [0.3, 0.4) is 0 Å². The maximum atomic E-state index is 2.30. The zero-order valence-electron chi connectivity index (χ0n) is 7.28. The van der Waals surface area contributed by atoms with Gasteiger partial charge in [0.05, 0.1) is 0 Å². The summed E-state index contributed by atoms with van der Waals surface area (Å²) in [4.78, 5) is 0. The van der Waals surface area contributed by atoms with Crippen LogP contribution in [0.1, 0.15) is 26.7 Å². The second-order valence-corrected chi connectivity index (χ2v) is 3.31. The van der Waals surface area contributed by atoms with Crippen molar-refractivity contribution in [2.75, 3.05) is 0 Å². The largest absolute Gasteiger partial charge is 0.120 e. The van der Waals surface area contributed by atoms with Crippen LogP contribution in [0, 0.1) is 0 Å². The molecule has 2 heteroatoms. The highest BCUT2D eigenvalue weighted by atomic mass is 14.0. The molecule has 0 amide bonds. The molecule has 2 unspecified atom stereocenters. The van der Waals surface area contributed by atoms with Crippen molar-refractivity contribution in [2.45, 2.75) is 45.1 Å². The van der Waals surface area contributed by atoms with Crippen molar-refractivity contribution in [1.82, 2.24) is 0 Å². The molecule has 52 valence electrons. The molecule has 0 aliphatic rings. The van der Waals surface area contributed by atoms with Crippen molar-refractivity contribution >= 4 is 15.1 Å². The van der Waals surface area contributed by atoms with Crippen LogP contribution in [-0.2, 0) is 0 Å². The standard InChI is InChI=1S/C7H18B2/c1-4-7(9-3)5-6(2)8/h6-7,9H,4-5,8H2,1-3H3. The van der Waals surface area contributed by atoms with Crippen LogP contribution in [0.2, 0.25) is 18.5 Å². The lowest BCUT2D eigenvalue weighted by Crippen LogP contribution is -2.01. The summed E-state index contributed by atoms with van der Waals surface area (Å²) >= 11 is 0. The van der Waals surface area contributed by atoms with E-state index in [0.717, 1.165) is 11.6 Å². The van der Waals surface area contributed by atoms with E-state index in [-0.39, 0.29) is 0 Å². The van der Waals surface area contributed by atoms with E-state index >= 15 is 0 Å². The second-order valence-electron chi connectivity index (χ2n) is 3.31. The molecule has 0 fully saturated rings. The predicted octanol–water partition coefficient (Wildman–Crippen LogP) is 1.50. The third-order valence-corrected chi connectivity index (χ3v) is 1.96. The Morgan fingerprint density at radius 3 is 2.22 bits per heavy atom. The van der Waals surface area contributed by atoms with Crippen molar-refractivity contribution < 1.29 is 0 Å². The van der Waals surface area contributed by atoms with Gasteiger partial charge in [-0.1, -0.05) is 45.1 Å². The molecular formula is C7H18B2. The first-order valence-corrected chi connectivity index (χ1v) is 4.20. The molecule has 0 rings (SSSR count). The third-order valence-electron chi connectivity index (χ3n) is 1.96. The fraction of sp³-hybridized carbons (Fsp3) is 1.00. The van der Waals surface area contributed by atoms with E-state index in [1.807, 2.05) is 0 Å². The number of rotatable bonds is 4. The Hall–Kier alpha value is 0.130. The van der Waals surface area contributed by atoms with Gasteiger partial charge in [0.25, 0.3) is 0 Å². The molecule has 0 spiro atoms. The zero-order valence-corrected chi connectivity index (χ0v) is 7.28. The molecule has 0 aliphatic carbocycles. The lowest BCUT2D eigenvalue weighted by Gasteiger charge is -2.12. The first kappa shape index (κ1) is 9.13. The first-order valence-electron chi connectivity index (χ1n) is 4.20. The van der Waals surface area contributed by atoms with Gasteiger partial charge in [0.15, 0.2) is 0 Å². The summed E-state index contributed by atoms with van der Waals surface area (Å²) in [6.45, 7) is 6.88. The molecule has 0 aromatic rings. The van der Waals surface area contributed by atoms with Gasteiger partial charge in [0, 0.05) is 0 Å². The van der Waals surface area contributed by atoms with Gasteiger partial charge in [-0.25, -0.2) is 0 Å². The van der Waals surface area contributed by atoms with E-state index in [4.69, 9.17) is 0 Å². The van der Waals surface area contributed by atoms with Gasteiger partial charge in [0.1, 0.15) is 15.1 Å². The summed E-state index contributed by atoms with van der Waals surface area (Å²) in [5.41, 5.74) is 0. The van der Waals surface area contributed by atoms with E-state index in [1.165, 1.54) is 20.1 Å². The molecule has 0 heterocycles. The summed E-state index contributed by atoms with van der Waals surface area (Å²) in [5.74, 6) is 1.86. The Kier molecular flexibility index (Phi) is 5.03. The normalized spacial score (nSPS) is 16.8. The lowest BCUT2D eigenvalue weighted by atomic mass is 9.60. The summed E-state index contributed by atoms with van der Waals surface area (Å²) in [6.07, 6.45) is 2.77. The van der Waals surface area contributed by atoms with Gasteiger partial charge in [-0.3, -0.25) is 0 Å². The molecule has 0 aromatic heterocycles. The minimum atomic E-state index is 0.884. The Bertz CT molecular complexity index is 57.9. The fourth-order valence-corrected chi connectivity index (χ4v) is 1.29. The van der Waals surface area contributed by atoms with Gasteiger partial charge in [-0.05, 0) is 0 Å². The molecule has 0 bridgehead atoms. The Balaban J connectivity index is 3.31. The molecule has 0 saturated heterocycles. The quantitative estimate of drug-likeness (QED) is 0.498. The summed E-state index contributed by atoms with van der Waals surface area (Å²) < 4.78 is 0. The molecule has 0 aromatic carbocycles. The topological polar surface area (TPSA) is 0 Å². The predicted molar refractivity (Wildman–Crippen MR) is 49.6 cm³/mol. The van der Waals surface area contributed by atoms with Gasteiger partial charge in [-0.15, -0.1) is 0 Å². The molecule has 9 heavy (non-hydrogen) atoms. The molecule has 0 N–H and O–H groups in total. The van der Waals surface area contributed by atoms with E-state index in [2.05, 4.69) is 28.5 Å². The van der Waals surface area contributed by atoms with E-state index in [1.54, 1.807) is 0 Å². The average Bonchev–Trinajstić information content (AvgIpc) is 1.82. The van der Waals surface area contributed by atoms with Crippen LogP contribution in [0.15, 0.2) is 0 Å². The monoisotopic (exact) mass is 124 g/mol. The molecule has 2 atom stereocenters. The Morgan fingerprint density at radius 2 is 2.11 bits per heavy atom. The SMILES string of the molecule is BC(C)CC(BC)CC. The van der Waals surface area contributed by atoms with Crippen LogP contribution >= 0.6 is 0 Å². The van der Waals surface area contributed by atoms with Gasteiger partial charge in [-0.2, -0.15) is 0 Å². The van der Waals surface area contributed by atoms with Crippen molar-refractivity contribution in [3.05, 3.63) is 0 Å². The Morgan fingerprint density at radius 1 is 1.56 bits per heavy atom. The second kappa shape index (κ2) is 4.96. The highest BCUT2D eigenvalue weighted by Crippen LogP contribution is 2.20. The third kappa shape index (κ3) is 4.62. The van der Waals surface area contributed by atoms with Crippen molar-refractivity contribution in [3.63, 3.8) is 0 Å². The van der Waals surface area contributed by atoms with Crippen LogP contribution in [-0.4, -0.2) is 15.1 Å². The summed E-state index contributed by atoms with van der Waals surface area (Å²) in [7, 11) is 3.66. The zero-order chi connectivity index (χ0) is 7.28. The minimum Gasteiger partial charge on any atom is -0.0891 e. The average molecular weight is 124 g/mol. The van der Waals surface area contributed by atoms with Gasteiger partial charge in [0.2, 0.25) is 0 Å². The lowest BCUT2D eigenvalue weighted by molar-refractivity contribution is 0.693. The smallest absolute Gasteiger partial charge is 0.0891 e. The van der Waals surface area contributed by atoms with Gasteiger partial charge < -0.3 is 0 Å². The van der Waals surface area contributed by atoms with Crippen molar-refractivity contribution in [1.29, 1.82) is 0 Å². The molecule has 0 nitrogen and oxygen atoms in total. The van der Waals surface area contributed by atoms with Crippen LogP contribution in [0.4, 0.5) is 0 Å². The fourth-order valence-electron chi connectivity index (χ4n) is 1.29.